The Labute approximate surface area is 126 Å². The molecule has 0 unspecified atom stereocenters. The zero-order chi connectivity index (χ0) is 14.9. The van der Waals surface area contributed by atoms with E-state index in [1.165, 1.54) is 0 Å². The molecular weight excluding hydrogens is 278 g/mol. The fourth-order valence-electron chi connectivity index (χ4n) is 2.35. The lowest BCUT2D eigenvalue weighted by atomic mass is 10.3. The Bertz CT molecular complexity index is 923. The molecule has 0 amide bonds. The number of aryl methyl sites for hydroxylation is 1. The smallest absolute Gasteiger partial charge is 0.180 e. The Morgan fingerprint density at radius 1 is 1.05 bits per heavy atom. The molecule has 0 saturated heterocycles. The van der Waals surface area contributed by atoms with E-state index in [-0.39, 0.29) is 0 Å². The van der Waals surface area contributed by atoms with Crippen LogP contribution in [0.4, 0.5) is 11.5 Å². The van der Waals surface area contributed by atoms with Gasteiger partial charge >= 0.3 is 0 Å². The zero-order valence-corrected chi connectivity index (χ0v) is 11.9. The van der Waals surface area contributed by atoms with Gasteiger partial charge in [0.2, 0.25) is 0 Å². The van der Waals surface area contributed by atoms with Crippen molar-refractivity contribution in [2.45, 2.75) is 0 Å². The number of hydrogen-bond donors (Lipinski definition) is 1. The van der Waals surface area contributed by atoms with Crippen molar-refractivity contribution in [2.75, 3.05) is 5.32 Å². The summed E-state index contributed by atoms with van der Waals surface area (Å²) in [6.45, 7) is 0. The maximum Gasteiger partial charge on any atom is 0.180 e. The van der Waals surface area contributed by atoms with Crippen molar-refractivity contribution in [1.82, 2.24) is 29.1 Å². The van der Waals surface area contributed by atoms with Crippen LogP contribution in [0.1, 0.15) is 0 Å². The highest BCUT2D eigenvalue weighted by Crippen LogP contribution is 2.24. The Morgan fingerprint density at radius 2 is 1.91 bits per heavy atom. The van der Waals surface area contributed by atoms with E-state index in [4.69, 9.17) is 0 Å². The molecule has 0 aliphatic carbocycles. The quantitative estimate of drug-likeness (QED) is 0.627. The summed E-state index contributed by atoms with van der Waals surface area (Å²) < 4.78 is 3.76. The van der Waals surface area contributed by atoms with E-state index in [2.05, 4.69) is 25.4 Å². The molecule has 7 nitrogen and oxygen atoms in total. The van der Waals surface area contributed by atoms with E-state index < -0.39 is 0 Å². The second-order valence-electron chi connectivity index (χ2n) is 4.88. The van der Waals surface area contributed by atoms with Crippen LogP contribution >= 0.6 is 0 Å². The first-order chi connectivity index (χ1) is 10.8. The van der Waals surface area contributed by atoms with E-state index in [9.17, 15) is 0 Å². The SMILES string of the molecule is Cn1cc(-c2cnc3c(Nc4ccncc4)nccn23)cn1. The van der Waals surface area contributed by atoms with Crippen LogP contribution in [0.2, 0.25) is 0 Å². The number of anilines is 2. The summed E-state index contributed by atoms with van der Waals surface area (Å²) in [5.74, 6) is 0.698. The van der Waals surface area contributed by atoms with Gasteiger partial charge in [-0.2, -0.15) is 5.10 Å². The van der Waals surface area contributed by atoms with Gasteiger partial charge in [-0.1, -0.05) is 0 Å². The van der Waals surface area contributed by atoms with Gasteiger partial charge in [0.1, 0.15) is 0 Å². The Morgan fingerprint density at radius 3 is 2.68 bits per heavy atom. The molecule has 1 N–H and O–H groups in total. The highest BCUT2D eigenvalue weighted by molar-refractivity contribution is 5.73. The van der Waals surface area contributed by atoms with Gasteiger partial charge in [0.05, 0.1) is 18.1 Å². The third-order valence-corrected chi connectivity index (χ3v) is 3.37. The Kier molecular flexibility index (Phi) is 2.82. The molecule has 0 saturated carbocycles. The molecule has 108 valence electrons. The molecule has 0 aliphatic heterocycles. The molecule has 4 heterocycles. The van der Waals surface area contributed by atoms with Gasteiger partial charge in [-0.15, -0.1) is 0 Å². The van der Waals surface area contributed by atoms with Crippen LogP contribution in [0.15, 0.2) is 55.5 Å². The van der Waals surface area contributed by atoms with Crippen LogP contribution in [0.5, 0.6) is 0 Å². The summed E-state index contributed by atoms with van der Waals surface area (Å²) in [5, 5.41) is 7.47. The predicted molar refractivity (Wildman–Crippen MR) is 82.7 cm³/mol. The predicted octanol–water partition coefficient (Wildman–Crippen LogP) is 2.27. The highest BCUT2D eigenvalue weighted by Gasteiger charge is 2.11. The summed E-state index contributed by atoms with van der Waals surface area (Å²) in [4.78, 5) is 12.9. The van der Waals surface area contributed by atoms with Gasteiger partial charge < -0.3 is 5.32 Å². The minimum Gasteiger partial charge on any atom is -0.337 e. The van der Waals surface area contributed by atoms with E-state index in [1.807, 2.05) is 48.4 Å². The monoisotopic (exact) mass is 291 g/mol. The van der Waals surface area contributed by atoms with Crippen molar-refractivity contribution >= 4 is 17.2 Å². The Hall–Kier alpha value is -3.22. The van der Waals surface area contributed by atoms with Gasteiger partial charge in [-0.05, 0) is 12.1 Å². The lowest BCUT2D eigenvalue weighted by Gasteiger charge is -2.06. The normalized spacial score (nSPS) is 11.0. The molecule has 4 aromatic heterocycles. The molecule has 0 fully saturated rings. The van der Waals surface area contributed by atoms with Crippen LogP contribution in [0, 0.1) is 0 Å². The first kappa shape index (κ1) is 12.5. The van der Waals surface area contributed by atoms with Crippen molar-refractivity contribution in [3.05, 3.63) is 55.5 Å². The fraction of sp³-hybridized carbons (Fsp3) is 0.0667. The van der Waals surface area contributed by atoms with Gasteiger partial charge in [0.15, 0.2) is 11.5 Å². The first-order valence-electron chi connectivity index (χ1n) is 6.79. The summed E-state index contributed by atoms with van der Waals surface area (Å²) in [7, 11) is 1.89. The third kappa shape index (κ3) is 2.08. The van der Waals surface area contributed by atoms with Crippen molar-refractivity contribution in [3.63, 3.8) is 0 Å². The highest BCUT2D eigenvalue weighted by atomic mass is 15.2. The van der Waals surface area contributed by atoms with Crippen molar-refractivity contribution in [1.29, 1.82) is 0 Å². The molecule has 22 heavy (non-hydrogen) atoms. The number of pyridine rings is 1. The van der Waals surface area contributed by atoms with Crippen LogP contribution in [-0.4, -0.2) is 29.1 Å². The molecule has 7 heteroatoms. The summed E-state index contributed by atoms with van der Waals surface area (Å²) >= 11 is 0. The summed E-state index contributed by atoms with van der Waals surface area (Å²) in [5.41, 5.74) is 3.67. The van der Waals surface area contributed by atoms with E-state index in [0.29, 0.717) is 5.82 Å². The van der Waals surface area contributed by atoms with Crippen LogP contribution < -0.4 is 5.32 Å². The van der Waals surface area contributed by atoms with Gasteiger partial charge in [0, 0.05) is 49.3 Å². The molecule has 0 atom stereocenters. The van der Waals surface area contributed by atoms with Crippen LogP contribution in [-0.2, 0) is 7.05 Å². The molecule has 0 bridgehead atoms. The average molecular weight is 291 g/mol. The minimum absolute atomic E-state index is 0.698. The topological polar surface area (TPSA) is 72.9 Å². The number of imidazole rings is 1. The van der Waals surface area contributed by atoms with Crippen LogP contribution in [0.25, 0.3) is 16.9 Å². The van der Waals surface area contributed by atoms with Gasteiger partial charge in [-0.3, -0.25) is 14.1 Å². The average Bonchev–Trinajstić information content (AvgIpc) is 3.15. The van der Waals surface area contributed by atoms with Gasteiger partial charge in [0.25, 0.3) is 0 Å². The maximum absolute atomic E-state index is 4.49. The van der Waals surface area contributed by atoms with Crippen LogP contribution in [0.3, 0.4) is 0 Å². The third-order valence-electron chi connectivity index (χ3n) is 3.37. The van der Waals surface area contributed by atoms with E-state index >= 15 is 0 Å². The summed E-state index contributed by atoms with van der Waals surface area (Å²) in [6, 6.07) is 3.77. The number of fused-ring (bicyclic) bond motifs is 1. The number of nitrogens with zero attached hydrogens (tertiary/aromatic N) is 6. The van der Waals surface area contributed by atoms with Crippen molar-refractivity contribution < 1.29 is 0 Å². The lowest BCUT2D eigenvalue weighted by Crippen LogP contribution is -1.98. The second kappa shape index (κ2) is 4.96. The zero-order valence-electron chi connectivity index (χ0n) is 11.9. The largest absolute Gasteiger partial charge is 0.337 e. The molecule has 0 aromatic carbocycles. The van der Waals surface area contributed by atoms with E-state index in [1.54, 1.807) is 23.3 Å². The second-order valence-corrected chi connectivity index (χ2v) is 4.88. The molecular formula is C15H13N7. The molecule has 4 rings (SSSR count). The molecule has 0 spiro atoms. The molecule has 0 aliphatic rings. The Balaban J connectivity index is 1.80. The van der Waals surface area contributed by atoms with Crippen molar-refractivity contribution in [3.8, 4) is 11.3 Å². The number of aromatic nitrogens is 6. The number of rotatable bonds is 3. The maximum atomic E-state index is 4.49. The number of nitrogens with one attached hydrogen (secondary N) is 1. The fourth-order valence-corrected chi connectivity index (χ4v) is 2.35. The number of hydrogen-bond acceptors (Lipinski definition) is 5. The molecule has 0 radical (unpaired) electrons. The molecule has 4 aromatic rings. The minimum atomic E-state index is 0.698. The van der Waals surface area contributed by atoms with Crippen molar-refractivity contribution in [2.24, 2.45) is 7.05 Å². The van der Waals surface area contributed by atoms with Gasteiger partial charge in [-0.25, -0.2) is 9.97 Å². The summed E-state index contributed by atoms with van der Waals surface area (Å²) in [6.07, 6.45) is 12.7. The first-order valence-corrected chi connectivity index (χ1v) is 6.79. The lowest BCUT2D eigenvalue weighted by molar-refractivity contribution is 0.768. The van der Waals surface area contributed by atoms with E-state index in [0.717, 1.165) is 22.6 Å². The standard InChI is InChI=1S/C15H13N7/c1-21-10-11(8-19-21)13-9-18-15-14(17-6-7-22(13)15)20-12-2-4-16-5-3-12/h2-10H,1H3,(H,16,17,20).